The van der Waals surface area contributed by atoms with Crippen LogP contribution in [0.25, 0.3) is 0 Å². The summed E-state index contributed by atoms with van der Waals surface area (Å²) in [7, 11) is 1.66. The topological polar surface area (TPSA) is 46.6 Å². The fourth-order valence-corrected chi connectivity index (χ4v) is 3.33. The zero-order valence-electron chi connectivity index (χ0n) is 13.5. The summed E-state index contributed by atoms with van der Waals surface area (Å²) in [6.45, 7) is 6.33. The summed E-state index contributed by atoms with van der Waals surface area (Å²) in [6, 6.07) is 6.53. The molecule has 0 radical (unpaired) electrons. The lowest BCUT2D eigenvalue weighted by Gasteiger charge is -2.33. The van der Waals surface area contributed by atoms with Crippen LogP contribution in [0.5, 0.6) is 5.88 Å². The summed E-state index contributed by atoms with van der Waals surface area (Å²) in [4.78, 5) is 7.05. The number of hydrogen-bond acceptors (Lipinski definition) is 5. The van der Waals surface area contributed by atoms with Crippen LogP contribution in [0.4, 0.5) is 0 Å². The third kappa shape index (κ3) is 4.41. The van der Waals surface area contributed by atoms with Crippen molar-refractivity contribution in [3.05, 3.63) is 23.9 Å². The molecule has 0 spiro atoms. The number of hydrogen-bond donors (Lipinski definition) is 1. The van der Waals surface area contributed by atoms with Gasteiger partial charge in [-0.25, -0.2) is 4.98 Å². The van der Waals surface area contributed by atoms with Crippen LogP contribution >= 0.6 is 0 Å². The van der Waals surface area contributed by atoms with Crippen molar-refractivity contribution in [1.29, 1.82) is 0 Å². The Hall–Kier alpha value is -1.17. The molecule has 2 saturated heterocycles. The van der Waals surface area contributed by atoms with Gasteiger partial charge in [-0.3, -0.25) is 0 Å². The van der Waals surface area contributed by atoms with E-state index < -0.39 is 0 Å². The van der Waals surface area contributed by atoms with Crippen molar-refractivity contribution >= 4 is 0 Å². The first-order chi connectivity index (χ1) is 10.8. The van der Waals surface area contributed by atoms with E-state index in [1.54, 1.807) is 7.11 Å². The SMILES string of the molecule is COc1cccc(CNC2CCN(C[C@@H]3CCOC3)CC2)n1. The van der Waals surface area contributed by atoms with Crippen LogP contribution < -0.4 is 10.1 Å². The molecule has 1 aromatic heterocycles. The summed E-state index contributed by atoms with van der Waals surface area (Å²) in [6.07, 6.45) is 3.68. The molecule has 0 saturated carbocycles. The summed E-state index contributed by atoms with van der Waals surface area (Å²) < 4.78 is 10.6. The number of pyridine rings is 1. The molecule has 0 aromatic carbocycles. The molecule has 5 nitrogen and oxygen atoms in total. The van der Waals surface area contributed by atoms with Crippen molar-refractivity contribution in [2.45, 2.75) is 31.8 Å². The standard InChI is InChI=1S/C17H27N3O2/c1-21-17-4-2-3-16(19-17)11-18-15-5-8-20(9-6-15)12-14-7-10-22-13-14/h2-4,14-15,18H,5-13H2,1H3/t14-/m0/s1. The first-order valence-corrected chi connectivity index (χ1v) is 8.37. The average molecular weight is 305 g/mol. The maximum absolute atomic E-state index is 5.47. The number of nitrogens with one attached hydrogen (secondary N) is 1. The van der Waals surface area contributed by atoms with Gasteiger partial charge in [-0.05, 0) is 44.3 Å². The van der Waals surface area contributed by atoms with E-state index in [0.717, 1.165) is 31.4 Å². The molecule has 3 rings (SSSR count). The molecule has 2 aliphatic rings. The first-order valence-electron chi connectivity index (χ1n) is 8.37. The molecule has 0 amide bonds. The van der Waals surface area contributed by atoms with Gasteiger partial charge in [0, 0.05) is 31.8 Å². The third-order valence-electron chi connectivity index (χ3n) is 4.69. The number of likely N-dealkylation sites (tertiary alicyclic amines) is 1. The van der Waals surface area contributed by atoms with Crippen LogP contribution in [0.15, 0.2) is 18.2 Å². The molecule has 0 aliphatic carbocycles. The number of methoxy groups -OCH3 is 1. The quantitative estimate of drug-likeness (QED) is 0.866. The van der Waals surface area contributed by atoms with Gasteiger partial charge in [-0.1, -0.05) is 6.07 Å². The van der Waals surface area contributed by atoms with E-state index in [-0.39, 0.29) is 0 Å². The third-order valence-corrected chi connectivity index (χ3v) is 4.69. The number of piperidine rings is 1. The lowest BCUT2D eigenvalue weighted by Crippen LogP contribution is -2.43. The van der Waals surface area contributed by atoms with Crippen molar-refractivity contribution in [1.82, 2.24) is 15.2 Å². The molecular weight excluding hydrogens is 278 g/mol. The van der Waals surface area contributed by atoms with Gasteiger partial charge in [-0.2, -0.15) is 0 Å². The predicted octanol–water partition coefficient (Wildman–Crippen LogP) is 1.68. The normalized spacial score (nSPS) is 23.8. The van der Waals surface area contributed by atoms with Crippen molar-refractivity contribution in [2.75, 3.05) is 40.0 Å². The van der Waals surface area contributed by atoms with Gasteiger partial charge in [-0.15, -0.1) is 0 Å². The molecule has 3 heterocycles. The van der Waals surface area contributed by atoms with Gasteiger partial charge in [0.1, 0.15) is 0 Å². The minimum absolute atomic E-state index is 0.601. The summed E-state index contributed by atoms with van der Waals surface area (Å²) in [5.41, 5.74) is 1.05. The lowest BCUT2D eigenvalue weighted by atomic mass is 10.0. The van der Waals surface area contributed by atoms with E-state index in [4.69, 9.17) is 9.47 Å². The van der Waals surface area contributed by atoms with Crippen molar-refractivity contribution in [2.24, 2.45) is 5.92 Å². The van der Waals surface area contributed by atoms with Crippen molar-refractivity contribution in [3.8, 4) is 5.88 Å². The molecule has 5 heteroatoms. The number of nitrogens with zero attached hydrogens (tertiary/aromatic N) is 2. The van der Waals surface area contributed by atoms with E-state index in [2.05, 4.69) is 15.2 Å². The Morgan fingerprint density at radius 2 is 2.18 bits per heavy atom. The van der Waals surface area contributed by atoms with Crippen LogP contribution in [0.3, 0.4) is 0 Å². The summed E-state index contributed by atoms with van der Waals surface area (Å²) >= 11 is 0. The van der Waals surface area contributed by atoms with Gasteiger partial charge in [0.25, 0.3) is 0 Å². The Morgan fingerprint density at radius 1 is 1.32 bits per heavy atom. The Morgan fingerprint density at radius 3 is 2.91 bits per heavy atom. The Labute approximate surface area is 133 Å². The van der Waals surface area contributed by atoms with E-state index in [1.165, 1.54) is 38.9 Å². The van der Waals surface area contributed by atoms with Crippen LogP contribution in [0.2, 0.25) is 0 Å². The Kier molecular flexibility index (Phi) is 5.64. The van der Waals surface area contributed by atoms with Gasteiger partial charge < -0.3 is 19.7 Å². The molecule has 122 valence electrons. The molecule has 1 aromatic rings. The minimum atomic E-state index is 0.601. The summed E-state index contributed by atoms with van der Waals surface area (Å²) in [5.74, 6) is 1.44. The highest BCUT2D eigenvalue weighted by Gasteiger charge is 2.23. The Balaban J connectivity index is 1.38. The largest absolute Gasteiger partial charge is 0.481 e. The maximum atomic E-state index is 5.47. The monoisotopic (exact) mass is 305 g/mol. The molecule has 2 aliphatic heterocycles. The van der Waals surface area contributed by atoms with Gasteiger partial charge >= 0.3 is 0 Å². The zero-order chi connectivity index (χ0) is 15.2. The van der Waals surface area contributed by atoms with Crippen LogP contribution in [-0.2, 0) is 11.3 Å². The molecular formula is C17H27N3O2. The van der Waals surface area contributed by atoms with E-state index in [9.17, 15) is 0 Å². The fourth-order valence-electron chi connectivity index (χ4n) is 3.33. The fraction of sp³-hybridized carbons (Fsp3) is 0.706. The number of aromatic nitrogens is 1. The van der Waals surface area contributed by atoms with Crippen molar-refractivity contribution in [3.63, 3.8) is 0 Å². The minimum Gasteiger partial charge on any atom is -0.481 e. The van der Waals surface area contributed by atoms with Crippen LogP contribution in [0.1, 0.15) is 25.0 Å². The van der Waals surface area contributed by atoms with Gasteiger partial charge in [0.2, 0.25) is 5.88 Å². The predicted molar refractivity (Wildman–Crippen MR) is 86.0 cm³/mol. The second-order valence-electron chi connectivity index (χ2n) is 6.36. The second kappa shape index (κ2) is 7.90. The Bertz CT molecular complexity index is 455. The van der Waals surface area contributed by atoms with E-state index >= 15 is 0 Å². The van der Waals surface area contributed by atoms with E-state index in [1.807, 2.05) is 18.2 Å². The highest BCUT2D eigenvalue weighted by Crippen LogP contribution is 2.18. The first kappa shape index (κ1) is 15.7. The van der Waals surface area contributed by atoms with Gasteiger partial charge in [0.15, 0.2) is 0 Å². The number of ether oxygens (including phenoxy) is 2. The van der Waals surface area contributed by atoms with E-state index in [0.29, 0.717) is 11.9 Å². The molecule has 1 N–H and O–H groups in total. The second-order valence-corrected chi connectivity index (χ2v) is 6.36. The van der Waals surface area contributed by atoms with Crippen LogP contribution in [-0.4, -0.2) is 55.9 Å². The van der Waals surface area contributed by atoms with Gasteiger partial charge in [0.05, 0.1) is 19.4 Å². The summed E-state index contributed by atoms with van der Waals surface area (Å²) in [5, 5.41) is 3.63. The molecule has 22 heavy (non-hydrogen) atoms. The van der Waals surface area contributed by atoms with Crippen LogP contribution in [0, 0.1) is 5.92 Å². The molecule has 0 bridgehead atoms. The molecule has 0 unspecified atom stereocenters. The number of rotatable bonds is 6. The molecule has 1 atom stereocenters. The maximum Gasteiger partial charge on any atom is 0.213 e. The molecule has 2 fully saturated rings. The van der Waals surface area contributed by atoms with Crippen molar-refractivity contribution < 1.29 is 9.47 Å². The zero-order valence-corrected chi connectivity index (χ0v) is 13.5. The smallest absolute Gasteiger partial charge is 0.213 e. The highest BCUT2D eigenvalue weighted by atomic mass is 16.5. The highest BCUT2D eigenvalue weighted by molar-refractivity contribution is 5.15. The lowest BCUT2D eigenvalue weighted by molar-refractivity contribution is 0.147. The average Bonchev–Trinajstić information content (AvgIpc) is 3.07.